The smallest absolute Gasteiger partial charge is 0.210 e. The van der Waals surface area contributed by atoms with Crippen molar-refractivity contribution in [2.75, 3.05) is 4.90 Å². The largest absolute Gasteiger partial charge is 0.308 e. The van der Waals surface area contributed by atoms with Gasteiger partial charge in [-0.3, -0.25) is 0 Å². The fourth-order valence-electron chi connectivity index (χ4n) is 3.98. The summed E-state index contributed by atoms with van der Waals surface area (Å²) in [6.45, 7) is 14.7. The third-order valence-corrected chi connectivity index (χ3v) is 7.82. The first-order valence-corrected chi connectivity index (χ1v) is 12.2. The third kappa shape index (κ3) is 3.67. The summed E-state index contributed by atoms with van der Waals surface area (Å²) < 4.78 is 27.7. The molecule has 0 saturated heterocycles. The maximum Gasteiger partial charge on any atom is 0.210 e. The van der Waals surface area contributed by atoms with Crippen LogP contribution in [-0.2, 0) is 20.7 Å². The van der Waals surface area contributed by atoms with Crippen LogP contribution in [0.3, 0.4) is 0 Å². The number of sulfone groups is 1. The van der Waals surface area contributed by atoms with Gasteiger partial charge in [0.1, 0.15) is 0 Å². The van der Waals surface area contributed by atoms with Crippen molar-refractivity contribution in [3.8, 4) is 0 Å². The number of hydrogen-bond acceptors (Lipinski definition) is 3. The van der Waals surface area contributed by atoms with Gasteiger partial charge >= 0.3 is 0 Å². The Morgan fingerprint density at radius 2 is 1.06 bits per heavy atom. The van der Waals surface area contributed by atoms with E-state index in [1.54, 1.807) is 0 Å². The van der Waals surface area contributed by atoms with Crippen molar-refractivity contribution in [2.45, 2.75) is 69.1 Å². The predicted molar refractivity (Wildman–Crippen MR) is 129 cm³/mol. The van der Waals surface area contributed by atoms with E-state index in [4.69, 9.17) is 0 Å². The quantitative estimate of drug-likeness (QED) is 0.318. The fourth-order valence-corrected chi connectivity index (χ4v) is 5.65. The van der Waals surface area contributed by atoms with Crippen molar-refractivity contribution in [1.29, 1.82) is 0 Å². The Morgan fingerprint density at radius 3 is 1.45 bits per heavy atom. The van der Waals surface area contributed by atoms with E-state index in [0.29, 0.717) is 21.2 Å². The normalized spacial score (nSPS) is 15.4. The van der Waals surface area contributed by atoms with Crippen molar-refractivity contribution >= 4 is 26.9 Å². The van der Waals surface area contributed by atoms with Gasteiger partial charge in [-0.15, -0.1) is 0 Å². The Morgan fingerprint density at radius 1 is 0.645 bits per heavy atom. The summed E-state index contributed by atoms with van der Waals surface area (Å²) in [7, 11) is -3.66. The van der Waals surface area contributed by atoms with E-state index in [9.17, 15) is 8.42 Å². The molecule has 3 aromatic carbocycles. The zero-order valence-corrected chi connectivity index (χ0v) is 20.3. The molecular formula is C27H31NO2S. The second-order valence-electron chi connectivity index (χ2n) is 10.5. The lowest BCUT2D eigenvalue weighted by molar-refractivity contribution is 0.579. The molecule has 0 spiro atoms. The molecule has 3 nitrogen and oxygen atoms in total. The van der Waals surface area contributed by atoms with E-state index in [0.717, 1.165) is 16.8 Å². The molecule has 0 saturated carbocycles. The van der Waals surface area contributed by atoms with Crippen LogP contribution < -0.4 is 4.90 Å². The highest BCUT2D eigenvalue weighted by Crippen LogP contribution is 2.49. The highest BCUT2D eigenvalue weighted by molar-refractivity contribution is 7.92. The fraction of sp³-hybridized carbons (Fsp3) is 0.333. The SMILES string of the molecule is Cc1ccc(N2c3ccc(C(C)(C)C)cc3S(=O)(=O)c3cc(C(C)(C)C)ccc32)cc1. The number of fused-ring (bicyclic) bond motifs is 2. The lowest BCUT2D eigenvalue weighted by atomic mass is 9.86. The van der Waals surface area contributed by atoms with Crippen molar-refractivity contribution in [2.24, 2.45) is 0 Å². The van der Waals surface area contributed by atoms with Crippen LogP contribution in [0.25, 0.3) is 0 Å². The van der Waals surface area contributed by atoms with E-state index in [1.807, 2.05) is 36.4 Å². The lowest BCUT2D eigenvalue weighted by Gasteiger charge is -2.35. The number of rotatable bonds is 1. The second-order valence-corrected chi connectivity index (χ2v) is 12.4. The molecule has 0 bridgehead atoms. The van der Waals surface area contributed by atoms with E-state index in [2.05, 4.69) is 77.6 Å². The zero-order chi connectivity index (χ0) is 22.8. The summed E-state index contributed by atoms with van der Waals surface area (Å²) in [5.74, 6) is 0. The van der Waals surface area contributed by atoms with E-state index in [-0.39, 0.29) is 10.8 Å². The maximum atomic E-state index is 13.9. The number of hydrogen-bond donors (Lipinski definition) is 0. The summed E-state index contributed by atoms with van der Waals surface area (Å²) in [6.07, 6.45) is 0. The number of nitrogens with zero attached hydrogens (tertiary/aromatic N) is 1. The van der Waals surface area contributed by atoms with Gasteiger partial charge in [-0.25, -0.2) is 8.42 Å². The summed E-state index contributed by atoms with van der Waals surface area (Å²) in [4.78, 5) is 2.82. The van der Waals surface area contributed by atoms with Gasteiger partial charge in [0.2, 0.25) is 9.84 Å². The van der Waals surface area contributed by atoms with Crippen molar-refractivity contribution < 1.29 is 8.42 Å². The van der Waals surface area contributed by atoms with Gasteiger partial charge < -0.3 is 4.90 Å². The molecule has 1 aliphatic heterocycles. The molecule has 31 heavy (non-hydrogen) atoms. The van der Waals surface area contributed by atoms with Crippen LogP contribution in [0, 0.1) is 6.92 Å². The molecule has 0 aromatic heterocycles. The van der Waals surface area contributed by atoms with Crippen molar-refractivity contribution in [3.63, 3.8) is 0 Å². The molecule has 0 radical (unpaired) electrons. The molecule has 0 unspecified atom stereocenters. The third-order valence-electron chi connectivity index (χ3n) is 6.00. The van der Waals surface area contributed by atoms with Crippen molar-refractivity contribution in [1.82, 2.24) is 0 Å². The number of anilines is 3. The van der Waals surface area contributed by atoms with E-state index < -0.39 is 9.84 Å². The van der Waals surface area contributed by atoms with Gasteiger partial charge in [-0.1, -0.05) is 71.4 Å². The van der Waals surface area contributed by atoms with Crippen LogP contribution in [0.15, 0.2) is 70.5 Å². The topological polar surface area (TPSA) is 37.4 Å². The number of benzene rings is 3. The first-order valence-electron chi connectivity index (χ1n) is 10.7. The highest BCUT2D eigenvalue weighted by atomic mass is 32.2. The van der Waals surface area contributed by atoms with Gasteiger partial charge in [0.15, 0.2) is 0 Å². The first-order chi connectivity index (χ1) is 14.3. The summed E-state index contributed by atoms with van der Waals surface area (Å²) in [6, 6.07) is 19.9. The van der Waals surface area contributed by atoms with Gasteiger partial charge in [0.25, 0.3) is 0 Å². The molecule has 4 heteroatoms. The van der Waals surface area contributed by atoms with Crippen LogP contribution in [0.1, 0.15) is 58.2 Å². The molecule has 0 aliphatic carbocycles. The van der Waals surface area contributed by atoms with E-state index in [1.165, 1.54) is 5.56 Å². The molecule has 0 amide bonds. The summed E-state index contributed by atoms with van der Waals surface area (Å²) in [5, 5.41) is 0. The first kappa shape index (κ1) is 21.6. The minimum atomic E-state index is -3.66. The minimum Gasteiger partial charge on any atom is -0.308 e. The van der Waals surface area contributed by atoms with Crippen molar-refractivity contribution in [3.05, 3.63) is 77.4 Å². The average Bonchev–Trinajstić information content (AvgIpc) is 2.67. The van der Waals surface area contributed by atoms with Crippen LogP contribution in [0.2, 0.25) is 0 Å². The van der Waals surface area contributed by atoms with Gasteiger partial charge in [-0.05, 0) is 65.3 Å². The lowest BCUT2D eigenvalue weighted by Crippen LogP contribution is -2.24. The molecule has 0 atom stereocenters. The Hall–Kier alpha value is -2.59. The van der Waals surface area contributed by atoms with Crippen LogP contribution >= 0.6 is 0 Å². The van der Waals surface area contributed by atoms with Gasteiger partial charge in [-0.2, -0.15) is 0 Å². The average molecular weight is 434 g/mol. The standard InChI is InChI=1S/C27H31NO2S/c1-18-8-12-21(13-9-18)28-22-14-10-19(26(2,3)4)16-24(22)31(29,30)25-17-20(27(5,6)7)11-15-23(25)28/h8-17H,1-7H3. The summed E-state index contributed by atoms with van der Waals surface area (Å²) in [5.41, 5.74) is 5.25. The molecule has 4 rings (SSSR count). The minimum absolute atomic E-state index is 0.146. The van der Waals surface area contributed by atoms with Crippen LogP contribution in [0.5, 0.6) is 0 Å². The Bertz CT molecular complexity index is 1190. The molecule has 0 N–H and O–H groups in total. The maximum absolute atomic E-state index is 13.9. The Balaban J connectivity index is 2.06. The number of aryl methyl sites for hydroxylation is 1. The second kappa shape index (κ2) is 6.96. The van der Waals surface area contributed by atoms with Crippen LogP contribution in [-0.4, -0.2) is 8.42 Å². The predicted octanol–water partition coefficient (Wildman–Crippen LogP) is 7.21. The monoisotopic (exact) mass is 433 g/mol. The van der Waals surface area contributed by atoms with Crippen LogP contribution in [0.4, 0.5) is 17.1 Å². The zero-order valence-electron chi connectivity index (χ0n) is 19.4. The van der Waals surface area contributed by atoms with Gasteiger partial charge in [0, 0.05) is 5.69 Å². The molecule has 1 aliphatic rings. The highest BCUT2D eigenvalue weighted by Gasteiger charge is 2.36. The van der Waals surface area contributed by atoms with Gasteiger partial charge in [0.05, 0.1) is 21.2 Å². The Labute approximate surface area is 186 Å². The molecule has 3 aromatic rings. The molecular weight excluding hydrogens is 402 g/mol. The summed E-state index contributed by atoms with van der Waals surface area (Å²) >= 11 is 0. The molecule has 0 fully saturated rings. The Kier molecular flexibility index (Phi) is 4.86. The van der Waals surface area contributed by atoms with E-state index >= 15 is 0 Å². The molecule has 162 valence electrons. The molecule has 1 heterocycles.